The lowest BCUT2D eigenvalue weighted by molar-refractivity contribution is -0.118. The van der Waals surface area contributed by atoms with Crippen molar-refractivity contribution in [3.8, 4) is 17.1 Å². The molecule has 3 aromatic rings. The first kappa shape index (κ1) is 21.6. The lowest BCUT2D eigenvalue weighted by Crippen LogP contribution is -2.38. The third-order valence-electron chi connectivity index (χ3n) is 5.49. The molecule has 0 saturated carbocycles. The second kappa shape index (κ2) is 10.6. The Morgan fingerprint density at radius 2 is 1.74 bits per heavy atom. The summed E-state index contributed by atoms with van der Waals surface area (Å²) in [7, 11) is 0. The average Bonchev–Trinajstić information content (AvgIpc) is 3.23. The molecule has 0 unspecified atom stereocenters. The molecule has 1 fully saturated rings. The Kier molecular flexibility index (Phi) is 7.38. The summed E-state index contributed by atoms with van der Waals surface area (Å²) >= 11 is 1.42. The van der Waals surface area contributed by atoms with Gasteiger partial charge in [0.15, 0.2) is 11.0 Å². The molecular weight excluding hydrogens is 406 g/mol. The number of carbonyl (C=O) groups is 1. The number of nitrogens with one attached hydrogen (secondary N) is 1. The second-order valence-corrected chi connectivity index (χ2v) is 8.83. The van der Waals surface area contributed by atoms with Crippen LogP contribution in [0.5, 0.6) is 0 Å². The van der Waals surface area contributed by atoms with Crippen LogP contribution in [0.3, 0.4) is 0 Å². The number of piperidine rings is 1. The quantitative estimate of drug-likeness (QED) is 0.543. The minimum absolute atomic E-state index is 0.0292. The highest BCUT2D eigenvalue weighted by atomic mass is 32.2. The summed E-state index contributed by atoms with van der Waals surface area (Å²) in [6.07, 6.45) is 3.86. The molecule has 7 heteroatoms. The number of likely N-dealkylation sites (tertiary alicyclic amines) is 1. The molecule has 0 spiro atoms. The first-order valence-corrected chi connectivity index (χ1v) is 11.9. The molecule has 1 aromatic heterocycles. The van der Waals surface area contributed by atoms with E-state index >= 15 is 0 Å². The Morgan fingerprint density at radius 3 is 2.48 bits per heavy atom. The first-order valence-electron chi connectivity index (χ1n) is 10.9. The monoisotopic (exact) mass is 435 g/mol. The number of carbonyl (C=O) groups excluding carboxylic acids is 1. The van der Waals surface area contributed by atoms with Crippen LogP contribution in [0.4, 0.5) is 0 Å². The maximum atomic E-state index is 12.4. The van der Waals surface area contributed by atoms with E-state index < -0.39 is 0 Å². The van der Waals surface area contributed by atoms with Crippen LogP contribution in [0.1, 0.15) is 24.8 Å². The molecule has 162 valence electrons. The van der Waals surface area contributed by atoms with Crippen LogP contribution in [-0.4, -0.2) is 57.5 Å². The summed E-state index contributed by atoms with van der Waals surface area (Å²) in [5, 5.41) is 12.6. The number of hydrogen-bond donors (Lipinski definition) is 1. The fourth-order valence-electron chi connectivity index (χ4n) is 3.78. The molecule has 1 aliphatic rings. The number of aryl methyl sites for hydroxylation is 1. The molecule has 0 radical (unpaired) electrons. The molecule has 6 nitrogen and oxygen atoms in total. The van der Waals surface area contributed by atoms with Gasteiger partial charge in [-0.1, -0.05) is 66.2 Å². The summed E-state index contributed by atoms with van der Waals surface area (Å²) in [5.41, 5.74) is 3.18. The summed E-state index contributed by atoms with van der Waals surface area (Å²) < 4.78 is 2.02. The average molecular weight is 436 g/mol. The molecule has 2 heterocycles. The molecule has 2 aromatic carbocycles. The van der Waals surface area contributed by atoms with Gasteiger partial charge < -0.3 is 10.2 Å². The Labute approximate surface area is 188 Å². The van der Waals surface area contributed by atoms with Crippen molar-refractivity contribution in [1.82, 2.24) is 25.0 Å². The van der Waals surface area contributed by atoms with Gasteiger partial charge in [0.1, 0.15) is 0 Å². The minimum Gasteiger partial charge on any atom is -0.354 e. The Hall–Kier alpha value is -2.64. The number of thioether (sulfide) groups is 1. The van der Waals surface area contributed by atoms with Crippen molar-refractivity contribution in [2.75, 3.05) is 31.9 Å². The SMILES string of the molecule is Cc1ccc(-c2nnc(SCC(=O)NCCN3CCCCC3)n2-c2ccccc2)cc1. The van der Waals surface area contributed by atoms with Crippen molar-refractivity contribution in [3.63, 3.8) is 0 Å². The fraction of sp³-hybridized carbons (Fsp3) is 0.375. The third-order valence-corrected chi connectivity index (χ3v) is 6.42. The highest BCUT2D eigenvalue weighted by Crippen LogP contribution is 2.28. The molecular formula is C24H29N5OS. The molecule has 0 bridgehead atoms. The number of benzene rings is 2. The summed E-state index contributed by atoms with van der Waals surface area (Å²) in [6, 6.07) is 18.3. The van der Waals surface area contributed by atoms with Crippen molar-refractivity contribution in [2.45, 2.75) is 31.3 Å². The predicted octanol–water partition coefficient (Wildman–Crippen LogP) is 3.94. The largest absolute Gasteiger partial charge is 0.354 e. The van der Waals surface area contributed by atoms with E-state index in [1.54, 1.807) is 0 Å². The van der Waals surface area contributed by atoms with Crippen molar-refractivity contribution >= 4 is 17.7 Å². The molecule has 0 aliphatic carbocycles. The van der Waals surface area contributed by atoms with Gasteiger partial charge in [-0.15, -0.1) is 10.2 Å². The standard InChI is InChI=1S/C24H29N5OS/c1-19-10-12-20(13-11-19)23-26-27-24(29(23)21-8-4-2-5-9-21)31-18-22(30)25-14-17-28-15-6-3-7-16-28/h2,4-5,8-13H,3,6-7,14-18H2,1H3,(H,25,30). The zero-order valence-electron chi connectivity index (χ0n) is 18.0. The van der Waals surface area contributed by atoms with E-state index in [-0.39, 0.29) is 5.91 Å². The van der Waals surface area contributed by atoms with E-state index in [9.17, 15) is 4.79 Å². The maximum absolute atomic E-state index is 12.4. The van der Waals surface area contributed by atoms with Gasteiger partial charge in [-0.3, -0.25) is 9.36 Å². The summed E-state index contributed by atoms with van der Waals surface area (Å²) in [5.74, 6) is 1.12. The normalized spacial score (nSPS) is 14.5. The van der Waals surface area contributed by atoms with E-state index in [2.05, 4.69) is 51.6 Å². The lowest BCUT2D eigenvalue weighted by atomic mass is 10.1. The van der Waals surface area contributed by atoms with Crippen molar-refractivity contribution in [2.24, 2.45) is 0 Å². The summed E-state index contributed by atoms with van der Waals surface area (Å²) in [4.78, 5) is 14.8. The van der Waals surface area contributed by atoms with Crippen LogP contribution in [-0.2, 0) is 4.79 Å². The van der Waals surface area contributed by atoms with Crippen molar-refractivity contribution < 1.29 is 4.79 Å². The van der Waals surface area contributed by atoms with Crippen LogP contribution in [0.15, 0.2) is 59.8 Å². The maximum Gasteiger partial charge on any atom is 0.230 e. The Balaban J connectivity index is 1.43. The smallest absolute Gasteiger partial charge is 0.230 e. The Bertz CT molecular complexity index is 981. The zero-order chi connectivity index (χ0) is 21.5. The molecule has 0 atom stereocenters. The molecule has 1 aliphatic heterocycles. The van der Waals surface area contributed by atoms with Gasteiger partial charge in [-0.25, -0.2) is 0 Å². The minimum atomic E-state index is 0.0292. The first-order chi connectivity index (χ1) is 15.2. The molecule has 1 N–H and O–H groups in total. The van der Waals surface area contributed by atoms with E-state index in [0.29, 0.717) is 17.5 Å². The lowest BCUT2D eigenvalue weighted by Gasteiger charge is -2.26. The van der Waals surface area contributed by atoms with Crippen LogP contribution in [0.2, 0.25) is 0 Å². The van der Waals surface area contributed by atoms with Crippen LogP contribution >= 0.6 is 11.8 Å². The Morgan fingerprint density at radius 1 is 1.00 bits per heavy atom. The fourth-order valence-corrected chi connectivity index (χ4v) is 4.56. The van der Waals surface area contributed by atoms with Gasteiger partial charge in [-0.2, -0.15) is 0 Å². The zero-order valence-corrected chi connectivity index (χ0v) is 18.8. The van der Waals surface area contributed by atoms with Gasteiger partial charge >= 0.3 is 0 Å². The molecule has 1 amide bonds. The number of amides is 1. The van der Waals surface area contributed by atoms with Gasteiger partial charge in [0.2, 0.25) is 5.91 Å². The van der Waals surface area contributed by atoms with E-state index in [1.807, 2.05) is 34.9 Å². The number of rotatable bonds is 8. The highest BCUT2D eigenvalue weighted by molar-refractivity contribution is 7.99. The van der Waals surface area contributed by atoms with Crippen molar-refractivity contribution in [3.05, 3.63) is 60.2 Å². The van der Waals surface area contributed by atoms with Crippen LogP contribution in [0, 0.1) is 6.92 Å². The second-order valence-electron chi connectivity index (χ2n) is 7.88. The van der Waals surface area contributed by atoms with Gasteiger partial charge in [0, 0.05) is 24.3 Å². The van der Waals surface area contributed by atoms with Crippen LogP contribution < -0.4 is 5.32 Å². The van der Waals surface area contributed by atoms with E-state index in [1.165, 1.54) is 36.6 Å². The van der Waals surface area contributed by atoms with E-state index in [4.69, 9.17) is 0 Å². The topological polar surface area (TPSA) is 63.1 Å². The molecule has 4 rings (SSSR count). The number of nitrogens with zero attached hydrogens (tertiary/aromatic N) is 4. The van der Waals surface area contributed by atoms with Gasteiger partial charge in [-0.05, 0) is 45.0 Å². The van der Waals surface area contributed by atoms with Crippen LogP contribution in [0.25, 0.3) is 17.1 Å². The summed E-state index contributed by atoms with van der Waals surface area (Å²) in [6.45, 7) is 5.98. The van der Waals surface area contributed by atoms with E-state index in [0.717, 1.165) is 36.7 Å². The molecule has 31 heavy (non-hydrogen) atoms. The van der Waals surface area contributed by atoms with Gasteiger partial charge in [0.25, 0.3) is 0 Å². The molecule has 1 saturated heterocycles. The van der Waals surface area contributed by atoms with Crippen molar-refractivity contribution in [1.29, 1.82) is 0 Å². The highest BCUT2D eigenvalue weighted by Gasteiger charge is 2.17. The number of hydrogen-bond acceptors (Lipinski definition) is 5. The number of aromatic nitrogens is 3. The predicted molar refractivity (Wildman–Crippen MR) is 126 cm³/mol. The van der Waals surface area contributed by atoms with Gasteiger partial charge in [0.05, 0.1) is 5.75 Å². The third kappa shape index (κ3) is 5.74. The number of para-hydroxylation sites is 1.